The van der Waals surface area contributed by atoms with Gasteiger partial charge in [-0.05, 0) is 38.8 Å². The number of rotatable bonds is 3. The minimum absolute atomic E-state index is 0.0367. The molecule has 1 fully saturated rings. The summed E-state index contributed by atoms with van der Waals surface area (Å²) in [6.07, 6.45) is 3.77. The highest BCUT2D eigenvalue weighted by Crippen LogP contribution is 2.32. The lowest BCUT2D eigenvalue weighted by Gasteiger charge is -2.37. The number of carboxylic acids is 1. The van der Waals surface area contributed by atoms with E-state index in [9.17, 15) is 19.8 Å². The summed E-state index contributed by atoms with van der Waals surface area (Å²) < 4.78 is 17.0. The largest absolute Gasteiger partial charge is 0.477 e. The van der Waals surface area contributed by atoms with E-state index in [-0.39, 0.29) is 16.5 Å². The van der Waals surface area contributed by atoms with Crippen LogP contribution >= 0.6 is 0 Å². The lowest BCUT2D eigenvalue weighted by atomic mass is 9.93. The topological polar surface area (TPSA) is 95.7 Å². The number of anilines is 1. The maximum absolute atomic E-state index is 15.4. The van der Waals surface area contributed by atoms with Gasteiger partial charge in [0.25, 0.3) is 0 Å². The minimum Gasteiger partial charge on any atom is -0.477 e. The second kappa shape index (κ2) is 6.81. The average molecular weight is 399 g/mol. The standard InChI is InChI=1S/C21H22FN3O4/c1-3-24-11-13(20(27)28)19(26)16-12-4-5-14(17(22)18(12)23-10-15(16)24)25-8-6-21(2,29)7-9-25/h4-5,10-11,29H,3,6-9H2,1-2H3,(H,27,28). The summed E-state index contributed by atoms with van der Waals surface area (Å²) in [6.45, 7) is 5.06. The van der Waals surface area contributed by atoms with Crippen LogP contribution in [0, 0.1) is 5.82 Å². The summed E-state index contributed by atoms with van der Waals surface area (Å²) in [5.41, 5.74) is -0.882. The number of hydrogen-bond acceptors (Lipinski definition) is 5. The van der Waals surface area contributed by atoms with Crippen molar-refractivity contribution in [3.8, 4) is 0 Å². The van der Waals surface area contributed by atoms with Crippen molar-refractivity contribution in [1.82, 2.24) is 9.55 Å². The first-order chi connectivity index (χ1) is 13.7. The maximum atomic E-state index is 15.4. The molecule has 0 unspecified atom stereocenters. The van der Waals surface area contributed by atoms with Gasteiger partial charge in [0.1, 0.15) is 11.1 Å². The van der Waals surface area contributed by atoms with E-state index in [1.54, 1.807) is 23.6 Å². The number of benzene rings is 1. The van der Waals surface area contributed by atoms with Crippen LogP contribution in [0.25, 0.3) is 21.8 Å². The molecule has 8 heteroatoms. The van der Waals surface area contributed by atoms with Gasteiger partial charge in [-0.15, -0.1) is 0 Å². The minimum atomic E-state index is -1.32. The van der Waals surface area contributed by atoms with Crippen LogP contribution < -0.4 is 10.3 Å². The molecule has 2 aromatic heterocycles. The number of nitrogens with zero attached hydrogens (tertiary/aromatic N) is 3. The summed E-state index contributed by atoms with van der Waals surface area (Å²) >= 11 is 0. The molecule has 3 aromatic rings. The number of pyridine rings is 2. The van der Waals surface area contributed by atoms with Crippen LogP contribution in [0.4, 0.5) is 10.1 Å². The summed E-state index contributed by atoms with van der Waals surface area (Å²) in [5, 5.41) is 20.0. The van der Waals surface area contributed by atoms with Gasteiger partial charge in [0.05, 0.1) is 28.4 Å². The SMILES string of the molecule is CCn1cc(C(=O)O)c(=O)c2c3ccc(N4CCC(C)(O)CC4)c(F)c3ncc21. The summed E-state index contributed by atoms with van der Waals surface area (Å²) in [7, 11) is 0. The highest BCUT2D eigenvalue weighted by atomic mass is 19.1. The molecule has 1 aliphatic heterocycles. The zero-order chi connectivity index (χ0) is 20.9. The van der Waals surface area contributed by atoms with Crippen molar-refractivity contribution in [3.63, 3.8) is 0 Å². The molecule has 0 radical (unpaired) electrons. The zero-order valence-electron chi connectivity index (χ0n) is 16.3. The quantitative estimate of drug-likeness (QED) is 0.658. The normalized spacial score (nSPS) is 16.5. The van der Waals surface area contributed by atoms with Gasteiger partial charge >= 0.3 is 5.97 Å². The molecule has 4 rings (SSSR count). The van der Waals surface area contributed by atoms with E-state index in [0.717, 1.165) is 0 Å². The fourth-order valence-electron chi connectivity index (χ4n) is 3.97. The van der Waals surface area contributed by atoms with E-state index in [1.165, 1.54) is 12.4 Å². The first-order valence-electron chi connectivity index (χ1n) is 9.58. The predicted molar refractivity (Wildman–Crippen MR) is 108 cm³/mol. The van der Waals surface area contributed by atoms with Gasteiger partial charge in [0.15, 0.2) is 5.82 Å². The molecule has 0 atom stereocenters. The van der Waals surface area contributed by atoms with Crippen LogP contribution in [0.3, 0.4) is 0 Å². The van der Waals surface area contributed by atoms with Gasteiger partial charge in [-0.25, -0.2) is 9.18 Å². The Hall–Kier alpha value is -3.00. The molecular weight excluding hydrogens is 377 g/mol. The highest BCUT2D eigenvalue weighted by molar-refractivity contribution is 6.07. The van der Waals surface area contributed by atoms with Gasteiger partial charge in [-0.1, -0.05) is 0 Å². The number of piperidine rings is 1. The van der Waals surface area contributed by atoms with Crippen molar-refractivity contribution in [1.29, 1.82) is 0 Å². The third-order valence-electron chi connectivity index (χ3n) is 5.76. The molecule has 0 aliphatic carbocycles. The molecule has 0 bridgehead atoms. The van der Waals surface area contributed by atoms with Crippen LogP contribution in [-0.4, -0.2) is 44.4 Å². The van der Waals surface area contributed by atoms with Gasteiger partial charge < -0.3 is 19.7 Å². The fourth-order valence-corrected chi connectivity index (χ4v) is 3.97. The van der Waals surface area contributed by atoms with Crippen molar-refractivity contribution in [3.05, 3.63) is 46.1 Å². The molecule has 29 heavy (non-hydrogen) atoms. The van der Waals surface area contributed by atoms with Crippen LogP contribution in [0.5, 0.6) is 0 Å². The smallest absolute Gasteiger partial charge is 0.341 e. The number of fused-ring (bicyclic) bond motifs is 3. The Bertz CT molecular complexity index is 1190. The molecule has 1 aliphatic rings. The highest BCUT2D eigenvalue weighted by Gasteiger charge is 2.29. The summed E-state index contributed by atoms with van der Waals surface area (Å²) in [5.74, 6) is -1.87. The third kappa shape index (κ3) is 3.13. The van der Waals surface area contributed by atoms with E-state index < -0.39 is 22.8 Å². The molecule has 0 amide bonds. The Balaban J connectivity index is 1.94. The summed E-state index contributed by atoms with van der Waals surface area (Å²) in [6, 6.07) is 3.23. The zero-order valence-corrected chi connectivity index (χ0v) is 16.3. The van der Waals surface area contributed by atoms with Crippen molar-refractivity contribution in [2.75, 3.05) is 18.0 Å². The molecule has 1 saturated heterocycles. The van der Waals surface area contributed by atoms with Crippen LogP contribution in [0.15, 0.2) is 29.3 Å². The maximum Gasteiger partial charge on any atom is 0.341 e. The number of aryl methyl sites for hydroxylation is 1. The average Bonchev–Trinajstić information content (AvgIpc) is 2.68. The van der Waals surface area contributed by atoms with E-state index >= 15 is 4.39 Å². The molecule has 2 N–H and O–H groups in total. The molecule has 7 nitrogen and oxygen atoms in total. The van der Waals surface area contributed by atoms with Crippen LogP contribution in [-0.2, 0) is 6.54 Å². The Morgan fingerprint density at radius 2 is 2.00 bits per heavy atom. The van der Waals surface area contributed by atoms with Gasteiger partial charge in [-0.2, -0.15) is 0 Å². The predicted octanol–water partition coefficient (Wildman–Crippen LogP) is 2.76. The van der Waals surface area contributed by atoms with E-state index in [0.29, 0.717) is 49.1 Å². The number of carbonyl (C=O) groups is 1. The molecular formula is C21H22FN3O4. The van der Waals surface area contributed by atoms with E-state index in [2.05, 4.69) is 4.98 Å². The van der Waals surface area contributed by atoms with Gasteiger partial charge in [0, 0.05) is 31.2 Å². The van der Waals surface area contributed by atoms with Crippen LogP contribution in [0.1, 0.15) is 37.0 Å². The fraction of sp³-hybridized carbons (Fsp3) is 0.381. The van der Waals surface area contributed by atoms with E-state index in [1.807, 2.05) is 11.8 Å². The summed E-state index contributed by atoms with van der Waals surface area (Å²) in [4.78, 5) is 30.5. The number of aliphatic hydroxyl groups is 1. The Morgan fingerprint density at radius 1 is 1.31 bits per heavy atom. The van der Waals surface area contributed by atoms with Crippen molar-refractivity contribution in [2.45, 2.75) is 38.8 Å². The Morgan fingerprint density at radius 3 is 2.62 bits per heavy atom. The third-order valence-corrected chi connectivity index (χ3v) is 5.76. The number of aromatic carboxylic acids is 1. The first-order valence-corrected chi connectivity index (χ1v) is 9.58. The lowest BCUT2D eigenvalue weighted by Crippen LogP contribution is -2.42. The van der Waals surface area contributed by atoms with E-state index in [4.69, 9.17) is 0 Å². The number of carboxylic acid groups (broad SMARTS) is 1. The first kappa shape index (κ1) is 19.3. The Labute approximate surface area is 166 Å². The molecule has 0 saturated carbocycles. The van der Waals surface area contributed by atoms with Crippen molar-refractivity contribution in [2.24, 2.45) is 0 Å². The second-order valence-electron chi connectivity index (χ2n) is 7.76. The number of aromatic nitrogens is 2. The molecule has 0 spiro atoms. The molecule has 3 heterocycles. The van der Waals surface area contributed by atoms with Crippen molar-refractivity contribution < 1.29 is 19.4 Å². The van der Waals surface area contributed by atoms with Gasteiger partial charge in [0.2, 0.25) is 5.43 Å². The monoisotopic (exact) mass is 399 g/mol. The van der Waals surface area contributed by atoms with Crippen LogP contribution in [0.2, 0.25) is 0 Å². The second-order valence-corrected chi connectivity index (χ2v) is 7.76. The van der Waals surface area contributed by atoms with Gasteiger partial charge in [-0.3, -0.25) is 9.78 Å². The Kier molecular flexibility index (Phi) is 4.53. The lowest BCUT2D eigenvalue weighted by molar-refractivity contribution is 0.0350. The number of hydrogen-bond donors (Lipinski definition) is 2. The van der Waals surface area contributed by atoms with Crippen molar-refractivity contribution >= 4 is 33.5 Å². The molecule has 1 aromatic carbocycles. The molecule has 152 valence electrons. The number of halogens is 1.